The van der Waals surface area contributed by atoms with Crippen LogP contribution in [0.25, 0.3) is 0 Å². The van der Waals surface area contributed by atoms with Crippen molar-refractivity contribution in [3.05, 3.63) is 59.9 Å². The van der Waals surface area contributed by atoms with Gasteiger partial charge in [-0.3, -0.25) is 10.1 Å². The zero-order valence-corrected chi connectivity index (χ0v) is 12.0. The van der Waals surface area contributed by atoms with Crippen LogP contribution in [-0.2, 0) is 0 Å². The Kier molecular flexibility index (Phi) is 4.84. The lowest BCUT2D eigenvalue weighted by Crippen LogP contribution is -2.34. The molecule has 0 spiro atoms. The Hall–Kier alpha value is -2.47. The summed E-state index contributed by atoms with van der Waals surface area (Å²) in [5, 5.41) is 5.48. The fraction of sp³-hybridized carbons (Fsp3) is 0.0667. The Morgan fingerprint density at radius 1 is 1.19 bits per heavy atom. The number of hydrogen-bond acceptors (Lipinski definition) is 3. The summed E-state index contributed by atoms with van der Waals surface area (Å²) in [5.74, 6) is -0.229. The van der Waals surface area contributed by atoms with Gasteiger partial charge in [0.2, 0.25) is 0 Å². The van der Waals surface area contributed by atoms with E-state index in [1.54, 1.807) is 31.4 Å². The van der Waals surface area contributed by atoms with Crippen molar-refractivity contribution in [3.8, 4) is 5.75 Å². The van der Waals surface area contributed by atoms with Crippen LogP contribution >= 0.6 is 12.2 Å². The summed E-state index contributed by atoms with van der Waals surface area (Å²) in [6, 6.07) is 12.4. The number of anilines is 1. The van der Waals surface area contributed by atoms with Gasteiger partial charge in [0.25, 0.3) is 5.91 Å². The highest BCUT2D eigenvalue weighted by Crippen LogP contribution is 2.14. The molecule has 4 nitrogen and oxygen atoms in total. The van der Waals surface area contributed by atoms with Gasteiger partial charge in [-0.1, -0.05) is 6.07 Å². The fourth-order valence-corrected chi connectivity index (χ4v) is 1.85. The second kappa shape index (κ2) is 6.81. The molecule has 0 atom stereocenters. The molecule has 2 rings (SSSR count). The van der Waals surface area contributed by atoms with Gasteiger partial charge >= 0.3 is 0 Å². The molecule has 0 saturated heterocycles. The number of methoxy groups -OCH3 is 1. The van der Waals surface area contributed by atoms with Crippen molar-refractivity contribution in [2.24, 2.45) is 0 Å². The zero-order chi connectivity index (χ0) is 15.2. The first-order chi connectivity index (χ1) is 10.1. The topological polar surface area (TPSA) is 50.4 Å². The molecule has 0 aromatic heterocycles. The van der Waals surface area contributed by atoms with Crippen LogP contribution in [0, 0.1) is 5.82 Å². The average Bonchev–Trinajstić information content (AvgIpc) is 2.48. The summed E-state index contributed by atoms with van der Waals surface area (Å²) in [5.41, 5.74) is 0.911. The molecule has 108 valence electrons. The highest BCUT2D eigenvalue weighted by molar-refractivity contribution is 7.80. The molecule has 0 unspecified atom stereocenters. The Morgan fingerprint density at radius 3 is 2.52 bits per heavy atom. The predicted octanol–water partition coefficient (Wildman–Crippen LogP) is 2.96. The van der Waals surface area contributed by atoms with Gasteiger partial charge in [-0.05, 0) is 54.7 Å². The molecular formula is C15H13FN2O2S. The molecule has 21 heavy (non-hydrogen) atoms. The van der Waals surface area contributed by atoms with Crippen molar-refractivity contribution in [1.82, 2.24) is 5.32 Å². The van der Waals surface area contributed by atoms with Crippen molar-refractivity contribution < 1.29 is 13.9 Å². The number of thiocarbonyl (C=S) groups is 1. The normalized spacial score (nSPS) is 9.81. The van der Waals surface area contributed by atoms with Crippen LogP contribution in [-0.4, -0.2) is 18.1 Å². The van der Waals surface area contributed by atoms with Crippen LogP contribution in [0.15, 0.2) is 48.5 Å². The van der Waals surface area contributed by atoms with Gasteiger partial charge in [0.1, 0.15) is 11.6 Å². The first-order valence-corrected chi connectivity index (χ1v) is 6.51. The highest BCUT2D eigenvalue weighted by atomic mass is 32.1. The van der Waals surface area contributed by atoms with Crippen LogP contribution in [0.4, 0.5) is 10.1 Å². The second-order valence-corrected chi connectivity index (χ2v) is 4.56. The number of carbonyl (C=O) groups is 1. The number of ether oxygens (including phenoxy) is 1. The quantitative estimate of drug-likeness (QED) is 0.856. The number of benzene rings is 2. The van der Waals surface area contributed by atoms with E-state index in [1.165, 1.54) is 18.2 Å². The van der Waals surface area contributed by atoms with E-state index in [0.717, 1.165) is 11.8 Å². The second-order valence-electron chi connectivity index (χ2n) is 4.15. The first kappa shape index (κ1) is 14.9. The summed E-state index contributed by atoms with van der Waals surface area (Å²) in [6.45, 7) is 0. The predicted molar refractivity (Wildman–Crippen MR) is 83.1 cm³/mol. The van der Waals surface area contributed by atoms with Crippen molar-refractivity contribution in [2.75, 3.05) is 12.4 Å². The SMILES string of the molecule is COc1ccc(NC(=S)NC(=O)c2cccc(F)c2)cc1. The minimum absolute atomic E-state index is 0.134. The maximum Gasteiger partial charge on any atom is 0.257 e. The Morgan fingerprint density at radius 2 is 1.90 bits per heavy atom. The van der Waals surface area contributed by atoms with Crippen LogP contribution in [0.1, 0.15) is 10.4 Å². The molecule has 2 aromatic rings. The molecule has 0 heterocycles. The van der Waals surface area contributed by atoms with Crippen molar-refractivity contribution >= 4 is 28.9 Å². The Balaban J connectivity index is 1.96. The Labute approximate surface area is 126 Å². The van der Waals surface area contributed by atoms with Crippen LogP contribution in [0.2, 0.25) is 0 Å². The fourth-order valence-electron chi connectivity index (χ4n) is 1.64. The van der Waals surface area contributed by atoms with E-state index in [-0.39, 0.29) is 10.7 Å². The largest absolute Gasteiger partial charge is 0.497 e. The van der Waals surface area contributed by atoms with E-state index in [4.69, 9.17) is 17.0 Å². The lowest BCUT2D eigenvalue weighted by Gasteiger charge is -2.10. The molecule has 1 amide bonds. The lowest BCUT2D eigenvalue weighted by molar-refractivity contribution is 0.0977. The van der Waals surface area contributed by atoms with Gasteiger partial charge in [-0.15, -0.1) is 0 Å². The molecule has 6 heteroatoms. The molecule has 0 aliphatic carbocycles. The molecule has 0 aliphatic rings. The molecule has 2 aromatic carbocycles. The van der Waals surface area contributed by atoms with Crippen LogP contribution in [0.3, 0.4) is 0 Å². The van der Waals surface area contributed by atoms with Crippen molar-refractivity contribution in [2.45, 2.75) is 0 Å². The number of amides is 1. The third-order valence-electron chi connectivity index (χ3n) is 2.66. The molecule has 0 bridgehead atoms. The average molecular weight is 304 g/mol. The third-order valence-corrected chi connectivity index (χ3v) is 2.87. The van der Waals surface area contributed by atoms with Gasteiger partial charge in [-0.25, -0.2) is 4.39 Å². The summed E-state index contributed by atoms with van der Waals surface area (Å²) < 4.78 is 18.1. The summed E-state index contributed by atoms with van der Waals surface area (Å²) in [7, 11) is 1.58. The van der Waals surface area contributed by atoms with Gasteiger partial charge < -0.3 is 10.1 Å². The summed E-state index contributed by atoms with van der Waals surface area (Å²) >= 11 is 5.04. The third kappa shape index (κ3) is 4.25. The van der Waals surface area contributed by atoms with Crippen molar-refractivity contribution in [3.63, 3.8) is 0 Å². The van der Waals surface area contributed by atoms with Gasteiger partial charge in [0.05, 0.1) is 7.11 Å². The lowest BCUT2D eigenvalue weighted by atomic mass is 10.2. The number of rotatable bonds is 3. The van der Waals surface area contributed by atoms with Crippen LogP contribution < -0.4 is 15.4 Å². The van der Waals surface area contributed by atoms with Crippen molar-refractivity contribution in [1.29, 1.82) is 0 Å². The van der Waals surface area contributed by atoms with Gasteiger partial charge in [-0.2, -0.15) is 0 Å². The first-order valence-electron chi connectivity index (χ1n) is 6.10. The molecule has 2 N–H and O–H groups in total. The van der Waals surface area contributed by atoms with E-state index in [0.29, 0.717) is 5.69 Å². The number of halogens is 1. The molecule has 0 aliphatic heterocycles. The standard InChI is InChI=1S/C15H13FN2O2S/c1-20-13-7-5-12(6-8-13)17-15(21)18-14(19)10-3-2-4-11(16)9-10/h2-9H,1H3,(H2,17,18,19,21). The maximum absolute atomic E-state index is 13.0. The monoisotopic (exact) mass is 304 g/mol. The summed E-state index contributed by atoms with van der Waals surface area (Å²) in [4.78, 5) is 11.9. The number of nitrogens with one attached hydrogen (secondary N) is 2. The van der Waals surface area contributed by atoms with E-state index in [9.17, 15) is 9.18 Å². The molecular weight excluding hydrogens is 291 g/mol. The van der Waals surface area contributed by atoms with E-state index in [1.807, 2.05) is 0 Å². The number of hydrogen-bond donors (Lipinski definition) is 2. The van der Waals surface area contributed by atoms with E-state index in [2.05, 4.69) is 10.6 Å². The van der Waals surface area contributed by atoms with E-state index < -0.39 is 11.7 Å². The number of carbonyl (C=O) groups excluding carboxylic acids is 1. The zero-order valence-electron chi connectivity index (χ0n) is 11.2. The van der Waals surface area contributed by atoms with E-state index >= 15 is 0 Å². The van der Waals surface area contributed by atoms with Crippen LogP contribution in [0.5, 0.6) is 5.75 Å². The molecule has 0 saturated carbocycles. The highest BCUT2D eigenvalue weighted by Gasteiger charge is 2.08. The smallest absolute Gasteiger partial charge is 0.257 e. The maximum atomic E-state index is 13.0. The Bertz CT molecular complexity index is 659. The summed E-state index contributed by atoms with van der Waals surface area (Å²) in [6.07, 6.45) is 0. The molecule has 0 radical (unpaired) electrons. The van der Waals surface area contributed by atoms with Gasteiger partial charge in [0, 0.05) is 11.3 Å². The minimum atomic E-state index is -0.475. The minimum Gasteiger partial charge on any atom is -0.497 e. The van der Waals surface area contributed by atoms with Gasteiger partial charge in [0.15, 0.2) is 5.11 Å². The molecule has 0 fully saturated rings.